The van der Waals surface area contributed by atoms with Gasteiger partial charge >= 0.3 is 7.12 Å². The average Bonchev–Trinajstić information content (AvgIpc) is 3.32. The Hall–Kier alpha value is -1.84. The minimum atomic E-state index is -0.526. The second kappa shape index (κ2) is 5.58. The van der Waals surface area contributed by atoms with Crippen LogP contribution in [0, 0.1) is 17.2 Å². The Morgan fingerprint density at radius 2 is 1.85 bits per heavy atom. The summed E-state index contributed by atoms with van der Waals surface area (Å²) in [4.78, 5) is 14.8. The number of hydrogen-bond donors (Lipinski definition) is 0. The maximum atomic E-state index is 12.9. The highest BCUT2D eigenvalue weighted by Crippen LogP contribution is 2.39. The van der Waals surface area contributed by atoms with Gasteiger partial charge < -0.3 is 14.2 Å². The quantitative estimate of drug-likeness (QED) is 0.785. The minimum absolute atomic E-state index is 0.0172. The van der Waals surface area contributed by atoms with E-state index in [1.807, 2.05) is 38.7 Å². The molecule has 2 fully saturated rings. The zero-order valence-corrected chi connectivity index (χ0v) is 16.1. The smallest absolute Gasteiger partial charge is 0.399 e. The minimum Gasteiger partial charge on any atom is -0.399 e. The van der Waals surface area contributed by atoms with Crippen LogP contribution < -0.4 is 5.46 Å². The summed E-state index contributed by atoms with van der Waals surface area (Å²) in [6.45, 7) is 10.7. The molecule has 2 aliphatic heterocycles. The fraction of sp³-hybridized carbons (Fsp3) is 0.600. The van der Waals surface area contributed by atoms with Crippen LogP contribution in [0.3, 0.4) is 0 Å². The Morgan fingerprint density at radius 3 is 2.38 bits per heavy atom. The number of carbonyl (C=O) groups excluding carboxylic acids is 1. The predicted molar refractivity (Wildman–Crippen MR) is 98.9 cm³/mol. The first-order valence-electron chi connectivity index (χ1n) is 9.38. The molecule has 6 heteroatoms. The van der Waals surface area contributed by atoms with Crippen LogP contribution in [0.5, 0.6) is 0 Å². The highest BCUT2D eigenvalue weighted by atomic mass is 16.7. The van der Waals surface area contributed by atoms with Crippen molar-refractivity contribution in [3.05, 3.63) is 28.8 Å². The summed E-state index contributed by atoms with van der Waals surface area (Å²) < 4.78 is 12.3. The zero-order valence-electron chi connectivity index (χ0n) is 16.1. The molecule has 136 valence electrons. The highest BCUT2D eigenvalue weighted by Gasteiger charge is 2.52. The van der Waals surface area contributed by atoms with Crippen molar-refractivity contribution in [1.82, 2.24) is 4.90 Å². The Balaban J connectivity index is 1.69. The van der Waals surface area contributed by atoms with Crippen molar-refractivity contribution in [3.63, 3.8) is 0 Å². The maximum absolute atomic E-state index is 12.9. The van der Waals surface area contributed by atoms with E-state index in [9.17, 15) is 10.1 Å². The summed E-state index contributed by atoms with van der Waals surface area (Å²) in [5.74, 6) is 0.581. The van der Waals surface area contributed by atoms with E-state index in [0.717, 1.165) is 11.0 Å². The van der Waals surface area contributed by atoms with Gasteiger partial charge in [-0.2, -0.15) is 5.26 Å². The molecule has 1 aliphatic carbocycles. The summed E-state index contributed by atoms with van der Waals surface area (Å²) in [7, 11) is -0.526. The molecule has 1 saturated heterocycles. The lowest BCUT2D eigenvalue weighted by Crippen LogP contribution is -2.41. The van der Waals surface area contributed by atoms with Gasteiger partial charge in [0.25, 0.3) is 5.91 Å². The third-order valence-electron chi connectivity index (χ3n) is 6.50. The number of benzene rings is 1. The van der Waals surface area contributed by atoms with Crippen LogP contribution in [-0.2, 0) is 15.9 Å². The molecule has 0 unspecified atom stereocenters. The topological polar surface area (TPSA) is 62.6 Å². The molecule has 0 aromatic heterocycles. The molecular weight excluding hydrogens is 327 g/mol. The molecule has 1 aromatic rings. The number of nitrogens with zero attached hydrogens (tertiary/aromatic N) is 2. The van der Waals surface area contributed by atoms with E-state index in [2.05, 4.69) is 13.0 Å². The molecule has 0 spiro atoms. The number of carbonyl (C=O) groups is 1. The van der Waals surface area contributed by atoms with E-state index in [0.29, 0.717) is 23.6 Å². The predicted octanol–water partition coefficient (Wildman–Crippen LogP) is 2.61. The maximum Gasteiger partial charge on any atom is 0.494 e. The molecule has 3 aliphatic rings. The molecule has 1 atom stereocenters. The van der Waals surface area contributed by atoms with Crippen molar-refractivity contribution in [1.29, 1.82) is 5.26 Å². The van der Waals surface area contributed by atoms with Crippen molar-refractivity contribution in [3.8, 4) is 6.07 Å². The van der Waals surface area contributed by atoms with Crippen LogP contribution in [0.4, 0.5) is 0 Å². The standard InChI is InChI=1S/C20H25BN2O3/c1-12(13-6-7-13)23-11-15-9-16(8-14(10-22)17(15)18(23)24)21-25-19(2,3)20(4,5)26-21/h8-9,12-13H,6-7,11H2,1-5H3/t12-/m0/s1. The fourth-order valence-electron chi connectivity index (χ4n) is 3.87. The first-order valence-corrected chi connectivity index (χ1v) is 9.38. The lowest BCUT2D eigenvalue weighted by Gasteiger charge is -2.32. The van der Waals surface area contributed by atoms with Crippen LogP contribution in [0.1, 0.15) is 68.9 Å². The SMILES string of the molecule is C[C@@H](C1CC1)N1Cc2cc(B3OC(C)(C)C(C)(C)O3)cc(C#N)c2C1=O. The van der Waals surface area contributed by atoms with E-state index in [-0.39, 0.29) is 11.9 Å². The van der Waals surface area contributed by atoms with Crippen LogP contribution in [-0.4, -0.2) is 35.2 Å². The van der Waals surface area contributed by atoms with E-state index >= 15 is 0 Å². The molecule has 1 aromatic carbocycles. The van der Waals surface area contributed by atoms with Gasteiger partial charge in [-0.05, 0) is 70.5 Å². The summed E-state index contributed by atoms with van der Waals surface area (Å²) >= 11 is 0. The number of hydrogen-bond acceptors (Lipinski definition) is 4. The van der Waals surface area contributed by atoms with Crippen molar-refractivity contribution >= 4 is 18.5 Å². The first-order chi connectivity index (χ1) is 12.1. The largest absolute Gasteiger partial charge is 0.494 e. The third kappa shape index (κ3) is 2.57. The molecule has 0 N–H and O–H groups in total. The second-order valence-corrected chi connectivity index (χ2v) is 8.81. The number of rotatable bonds is 3. The van der Waals surface area contributed by atoms with Crippen molar-refractivity contribution in [2.45, 2.75) is 71.2 Å². The van der Waals surface area contributed by atoms with E-state index in [4.69, 9.17) is 9.31 Å². The highest BCUT2D eigenvalue weighted by molar-refractivity contribution is 6.62. The molecule has 1 saturated carbocycles. The summed E-state index contributed by atoms with van der Waals surface area (Å²) in [5.41, 5.74) is 1.82. The van der Waals surface area contributed by atoms with Gasteiger partial charge in [0.15, 0.2) is 0 Å². The summed E-state index contributed by atoms with van der Waals surface area (Å²) in [6, 6.07) is 6.17. The molecule has 0 radical (unpaired) electrons. The Bertz CT molecular complexity index is 807. The molecule has 0 bridgehead atoms. The third-order valence-corrected chi connectivity index (χ3v) is 6.50. The first kappa shape index (κ1) is 17.6. The van der Waals surface area contributed by atoms with Gasteiger partial charge in [-0.1, -0.05) is 6.07 Å². The molecule has 26 heavy (non-hydrogen) atoms. The monoisotopic (exact) mass is 352 g/mol. The molecule has 5 nitrogen and oxygen atoms in total. The van der Waals surface area contributed by atoms with Crippen LogP contribution in [0.2, 0.25) is 0 Å². The van der Waals surface area contributed by atoms with Gasteiger partial charge in [0.05, 0.1) is 28.4 Å². The molecular formula is C20H25BN2O3. The Labute approximate surface area is 155 Å². The van der Waals surface area contributed by atoms with Gasteiger partial charge in [-0.3, -0.25) is 4.79 Å². The molecule has 4 rings (SSSR count). The van der Waals surface area contributed by atoms with Gasteiger partial charge in [0.2, 0.25) is 0 Å². The zero-order chi connectivity index (χ0) is 18.9. The molecule has 1 amide bonds. The van der Waals surface area contributed by atoms with E-state index < -0.39 is 18.3 Å². The van der Waals surface area contributed by atoms with Gasteiger partial charge in [0.1, 0.15) is 0 Å². The fourth-order valence-corrected chi connectivity index (χ4v) is 3.87. The Morgan fingerprint density at radius 1 is 1.23 bits per heavy atom. The normalized spacial score (nSPS) is 24.5. The lowest BCUT2D eigenvalue weighted by atomic mass is 9.76. The summed E-state index contributed by atoms with van der Waals surface area (Å²) in [6.07, 6.45) is 2.37. The molecule has 2 heterocycles. The van der Waals surface area contributed by atoms with Crippen LogP contribution in [0.15, 0.2) is 12.1 Å². The number of amides is 1. The van der Waals surface area contributed by atoms with Crippen molar-refractivity contribution in [2.24, 2.45) is 5.92 Å². The van der Waals surface area contributed by atoms with Gasteiger partial charge in [0, 0.05) is 12.6 Å². The number of fused-ring (bicyclic) bond motifs is 1. The van der Waals surface area contributed by atoms with E-state index in [1.165, 1.54) is 12.8 Å². The lowest BCUT2D eigenvalue weighted by molar-refractivity contribution is 0.00578. The van der Waals surface area contributed by atoms with E-state index in [1.54, 1.807) is 6.07 Å². The van der Waals surface area contributed by atoms with Crippen LogP contribution >= 0.6 is 0 Å². The van der Waals surface area contributed by atoms with Gasteiger partial charge in [-0.25, -0.2) is 0 Å². The van der Waals surface area contributed by atoms with Gasteiger partial charge in [-0.15, -0.1) is 0 Å². The Kier molecular flexibility index (Phi) is 3.77. The average molecular weight is 352 g/mol. The summed E-state index contributed by atoms with van der Waals surface area (Å²) in [5, 5.41) is 9.64. The van der Waals surface area contributed by atoms with Crippen LogP contribution in [0.25, 0.3) is 0 Å². The second-order valence-electron chi connectivity index (χ2n) is 8.81. The number of nitriles is 1. The van der Waals surface area contributed by atoms with Crippen molar-refractivity contribution in [2.75, 3.05) is 0 Å². The van der Waals surface area contributed by atoms with Crippen molar-refractivity contribution < 1.29 is 14.1 Å².